The summed E-state index contributed by atoms with van der Waals surface area (Å²) < 4.78 is 0. The van der Waals surface area contributed by atoms with Crippen LogP contribution >= 0.6 is 0 Å². The van der Waals surface area contributed by atoms with Crippen LogP contribution in [0.2, 0.25) is 0 Å². The van der Waals surface area contributed by atoms with E-state index in [0.29, 0.717) is 0 Å². The lowest BCUT2D eigenvalue weighted by Gasteiger charge is -2.31. The van der Waals surface area contributed by atoms with Gasteiger partial charge in [0, 0.05) is 0 Å². The molecule has 4 heteroatoms. The molecule has 0 aliphatic heterocycles. The summed E-state index contributed by atoms with van der Waals surface area (Å²) in [7, 11) is 0. The molecule has 1 atom stereocenters. The third-order valence-electron chi connectivity index (χ3n) is 3.05. The van der Waals surface area contributed by atoms with Gasteiger partial charge in [-0.25, -0.2) is 4.79 Å². The Kier molecular flexibility index (Phi) is 4.00. The van der Waals surface area contributed by atoms with Crippen molar-refractivity contribution in [1.82, 2.24) is 0 Å². The number of aliphatic imine (C=N–C) groups is 1. The highest BCUT2D eigenvalue weighted by atomic mass is 16.4. The van der Waals surface area contributed by atoms with Crippen molar-refractivity contribution >= 4 is 18.5 Å². The number of hydrogen-bond acceptors (Lipinski definition) is 3. The molecule has 1 rings (SSSR count). The van der Waals surface area contributed by atoms with Crippen LogP contribution in [0.25, 0.3) is 0 Å². The Hall–Kier alpha value is -1.19. The maximum Gasteiger partial charge on any atom is 0.346 e. The van der Waals surface area contributed by atoms with Gasteiger partial charge < -0.3 is 5.11 Å². The van der Waals surface area contributed by atoms with Crippen LogP contribution in [0.4, 0.5) is 0 Å². The molecule has 0 amide bonds. The maximum atomic E-state index is 10.9. The summed E-state index contributed by atoms with van der Waals surface area (Å²) in [5, 5.41) is 8.49. The van der Waals surface area contributed by atoms with Gasteiger partial charge >= 0.3 is 5.97 Å². The Balaban J connectivity index is 2.73. The van der Waals surface area contributed by atoms with Gasteiger partial charge in [0.15, 0.2) is 0 Å². The Bertz CT molecular complexity index is 269. The molecule has 0 aromatic heterocycles. The van der Waals surface area contributed by atoms with Crippen LogP contribution in [-0.2, 0) is 9.59 Å². The van der Waals surface area contributed by atoms with Crippen molar-refractivity contribution in [3.8, 4) is 0 Å². The summed E-state index contributed by atoms with van der Waals surface area (Å²) >= 11 is 0. The molecule has 0 aromatic rings. The van der Waals surface area contributed by atoms with E-state index in [4.69, 9.17) is 5.11 Å². The van der Waals surface area contributed by atoms with Crippen molar-refractivity contribution < 1.29 is 14.7 Å². The minimum Gasteiger partial charge on any atom is -0.477 e. The first-order valence-corrected chi connectivity index (χ1v) is 5.26. The summed E-state index contributed by atoms with van der Waals surface area (Å²) in [4.78, 5) is 25.1. The van der Waals surface area contributed by atoms with Crippen LogP contribution < -0.4 is 0 Å². The molecule has 1 N–H and O–H groups in total. The van der Waals surface area contributed by atoms with Gasteiger partial charge in [-0.3, -0.25) is 9.79 Å². The van der Waals surface area contributed by atoms with Gasteiger partial charge in [0.05, 0.1) is 0 Å². The Morgan fingerprint density at radius 1 is 1.47 bits per heavy atom. The number of rotatable bonds is 4. The molecule has 4 nitrogen and oxygen atoms in total. The second kappa shape index (κ2) is 5.05. The van der Waals surface area contributed by atoms with Gasteiger partial charge in [0.1, 0.15) is 11.8 Å². The molecule has 0 saturated heterocycles. The number of carbonyl (C=O) groups excluding carboxylic acids is 1. The van der Waals surface area contributed by atoms with Crippen molar-refractivity contribution in [2.75, 3.05) is 0 Å². The van der Waals surface area contributed by atoms with Crippen LogP contribution in [0.1, 0.15) is 39.0 Å². The third-order valence-corrected chi connectivity index (χ3v) is 3.05. The fraction of sp³-hybridized carbons (Fsp3) is 0.727. The van der Waals surface area contributed by atoms with Crippen LogP contribution in [0.15, 0.2) is 4.99 Å². The van der Waals surface area contributed by atoms with E-state index in [-0.39, 0.29) is 5.92 Å². The SMILES string of the molecule is C[C@@]([C]=O)(N=CC(=O)O)C1CCCCC1. The molecule has 0 heterocycles. The van der Waals surface area contributed by atoms with E-state index in [1.54, 1.807) is 6.92 Å². The van der Waals surface area contributed by atoms with Crippen LogP contribution in [0, 0.1) is 5.92 Å². The van der Waals surface area contributed by atoms with Gasteiger partial charge in [-0.1, -0.05) is 19.3 Å². The number of nitrogens with zero attached hydrogens (tertiary/aromatic N) is 1. The molecular weight excluding hydrogens is 194 g/mol. The molecule has 83 valence electrons. The second-order valence-electron chi connectivity index (χ2n) is 4.18. The lowest BCUT2D eigenvalue weighted by molar-refractivity contribution is -0.128. The number of aliphatic carboxylic acids is 1. The molecule has 1 saturated carbocycles. The van der Waals surface area contributed by atoms with Crippen molar-refractivity contribution in [3.05, 3.63) is 0 Å². The zero-order chi connectivity index (χ0) is 11.3. The standard InChI is InChI=1S/C11H16NO3/c1-11(8-13,12-7-10(14)15)9-5-3-2-4-6-9/h7,9H,2-6H2,1H3,(H,14,15)/t11-/m0/s1. The monoisotopic (exact) mass is 210 g/mol. The summed E-state index contributed by atoms with van der Waals surface area (Å²) in [6, 6.07) is 0. The van der Waals surface area contributed by atoms with E-state index < -0.39 is 11.5 Å². The molecule has 0 bridgehead atoms. The summed E-state index contributed by atoms with van der Waals surface area (Å²) in [6.45, 7) is 1.66. The van der Waals surface area contributed by atoms with Crippen molar-refractivity contribution in [1.29, 1.82) is 0 Å². The lowest BCUT2D eigenvalue weighted by atomic mass is 9.77. The van der Waals surface area contributed by atoms with E-state index >= 15 is 0 Å². The number of hydrogen-bond donors (Lipinski definition) is 1. The summed E-state index contributed by atoms with van der Waals surface area (Å²) in [5.74, 6) is -0.980. The summed E-state index contributed by atoms with van der Waals surface area (Å²) in [5.41, 5.74) is -0.973. The number of carbonyl (C=O) groups is 1. The highest BCUT2D eigenvalue weighted by Gasteiger charge is 2.35. The molecule has 1 aliphatic rings. The van der Waals surface area contributed by atoms with E-state index in [1.807, 2.05) is 6.29 Å². The van der Waals surface area contributed by atoms with Gasteiger partial charge in [-0.15, -0.1) is 0 Å². The minimum atomic E-state index is -1.12. The van der Waals surface area contributed by atoms with Gasteiger partial charge in [0.2, 0.25) is 6.29 Å². The average molecular weight is 210 g/mol. The van der Waals surface area contributed by atoms with Crippen molar-refractivity contribution in [2.45, 2.75) is 44.6 Å². The topological polar surface area (TPSA) is 66.7 Å². The molecule has 1 fully saturated rings. The van der Waals surface area contributed by atoms with Gasteiger partial charge in [-0.2, -0.15) is 0 Å². The summed E-state index contributed by atoms with van der Waals surface area (Å²) in [6.07, 6.45) is 7.93. The highest BCUT2D eigenvalue weighted by Crippen LogP contribution is 2.33. The van der Waals surface area contributed by atoms with Gasteiger partial charge in [-0.05, 0) is 25.7 Å². The van der Waals surface area contributed by atoms with Gasteiger partial charge in [0.25, 0.3) is 0 Å². The predicted molar refractivity (Wildman–Crippen MR) is 56.8 cm³/mol. The van der Waals surface area contributed by atoms with Crippen LogP contribution in [0.3, 0.4) is 0 Å². The molecule has 0 unspecified atom stereocenters. The molecule has 0 spiro atoms. The largest absolute Gasteiger partial charge is 0.477 e. The Morgan fingerprint density at radius 3 is 2.53 bits per heavy atom. The molecule has 15 heavy (non-hydrogen) atoms. The van der Waals surface area contributed by atoms with E-state index in [2.05, 4.69) is 4.99 Å². The minimum absolute atomic E-state index is 0.138. The van der Waals surface area contributed by atoms with E-state index in [0.717, 1.165) is 31.9 Å². The van der Waals surface area contributed by atoms with Crippen LogP contribution in [0.5, 0.6) is 0 Å². The van der Waals surface area contributed by atoms with E-state index in [1.165, 1.54) is 6.42 Å². The van der Waals surface area contributed by atoms with Crippen molar-refractivity contribution in [3.63, 3.8) is 0 Å². The number of carboxylic acid groups (broad SMARTS) is 1. The Labute approximate surface area is 89.4 Å². The first-order valence-electron chi connectivity index (χ1n) is 5.26. The molecular formula is C11H16NO3. The first-order chi connectivity index (χ1) is 7.08. The fourth-order valence-electron chi connectivity index (χ4n) is 2.07. The zero-order valence-electron chi connectivity index (χ0n) is 8.90. The Morgan fingerprint density at radius 2 is 2.07 bits per heavy atom. The van der Waals surface area contributed by atoms with Crippen LogP contribution in [-0.4, -0.2) is 29.1 Å². The zero-order valence-corrected chi connectivity index (χ0v) is 8.90. The second-order valence-corrected chi connectivity index (χ2v) is 4.18. The quantitative estimate of drug-likeness (QED) is 0.716. The molecule has 1 aliphatic carbocycles. The first kappa shape index (κ1) is 11.9. The van der Waals surface area contributed by atoms with Crippen molar-refractivity contribution in [2.24, 2.45) is 10.9 Å². The number of carboxylic acids is 1. The third kappa shape index (κ3) is 3.15. The normalized spacial score (nSPS) is 22.5. The van der Waals surface area contributed by atoms with E-state index in [9.17, 15) is 9.59 Å². The molecule has 1 radical (unpaired) electrons. The maximum absolute atomic E-state index is 10.9. The highest BCUT2D eigenvalue weighted by molar-refractivity contribution is 6.22. The lowest BCUT2D eigenvalue weighted by Crippen LogP contribution is -2.36. The average Bonchev–Trinajstić information content (AvgIpc) is 2.27. The molecule has 0 aromatic carbocycles. The predicted octanol–water partition coefficient (Wildman–Crippen LogP) is 1.59. The fourth-order valence-corrected chi connectivity index (χ4v) is 2.07. The smallest absolute Gasteiger partial charge is 0.346 e.